The maximum atomic E-state index is 8.70. The van der Waals surface area contributed by atoms with E-state index in [0.29, 0.717) is 11.5 Å². The van der Waals surface area contributed by atoms with Crippen molar-refractivity contribution in [2.24, 2.45) is 5.92 Å². The molecular formula is C10H11ClN2. The van der Waals surface area contributed by atoms with Crippen LogP contribution in [-0.2, 0) is 6.42 Å². The fraction of sp³-hybridized carbons (Fsp3) is 0.400. The molecular weight excluding hydrogens is 184 g/mol. The summed E-state index contributed by atoms with van der Waals surface area (Å²) in [7, 11) is 0. The van der Waals surface area contributed by atoms with Crippen molar-refractivity contribution in [3.05, 3.63) is 28.5 Å². The minimum absolute atomic E-state index is 0.287. The molecule has 3 heteroatoms. The molecule has 0 bridgehead atoms. The van der Waals surface area contributed by atoms with E-state index in [4.69, 9.17) is 16.9 Å². The van der Waals surface area contributed by atoms with Crippen LogP contribution in [0.1, 0.15) is 25.0 Å². The smallest absolute Gasteiger partial charge is 0.146 e. The van der Waals surface area contributed by atoms with Gasteiger partial charge in [-0.15, -0.1) is 0 Å². The van der Waals surface area contributed by atoms with E-state index in [-0.39, 0.29) is 5.15 Å². The van der Waals surface area contributed by atoms with Gasteiger partial charge in [-0.3, -0.25) is 0 Å². The van der Waals surface area contributed by atoms with Gasteiger partial charge in [0.2, 0.25) is 0 Å². The predicted octanol–water partition coefficient (Wildman–Crippen LogP) is 2.81. The van der Waals surface area contributed by atoms with E-state index < -0.39 is 0 Å². The molecule has 1 aromatic heterocycles. The summed E-state index contributed by atoms with van der Waals surface area (Å²) >= 11 is 5.70. The van der Waals surface area contributed by atoms with Gasteiger partial charge in [-0.05, 0) is 24.0 Å². The fourth-order valence-electron chi connectivity index (χ4n) is 1.15. The maximum absolute atomic E-state index is 8.70. The Balaban J connectivity index is 2.95. The van der Waals surface area contributed by atoms with Gasteiger partial charge < -0.3 is 0 Å². The predicted molar refractivity (Wildman–Crippen MR) is 52.5 cm³/mol. The summed E-state index contributed by atoms with van der Waals surface area (Å²) in [5, 5.41) is 8.99. The van der Waals surface area contributed by atoms with Gasteiger partial charge >= 0.3 is 0 Å². The van der Waals surface area contributed by atoms with Crippen molar-refractivity contribution < 1.29 is 0 Å². The van der Waals surface area contributed by atoms with Crippen molar-refractivity contribution >= 4 is 11.6 Å². The minimum atomic E-state index is 0.287. The van der Waals surface area contributed by atoms with Gasteiger partial charge in [-0.2, -0.15) is 5.26 Å². The molecule has 0 saturated carbocycles. The van der Waals surface area contributed by atoms with E-state index in [9.17, 15) is 0 Å². The number of aromatic nitrogens is 1. The molecule has 2 nitrogen and oxygen atoms in total. The first kappa shape index (κ1) is 10.0. The van der Waals surface area contributed by atoms with Crippen LogP contribution in [0.15, 0.2) is 12.3 Å². The van der Waals surface area contributed by atoms with Gasteiger partial charge in [0.1, 0.15) is 11.2 Å². The van der Waals surface area contributed by atoms with Crippen LogP contribution in [0, 0.1) is 17.2 Å². The monoisotopic (exact) mass is 194 g/mol. The van der Waals surface area contributed by atoms with Gasteiger partial charge in [0.05, 0.1) is 5.56 Å². The molecule has 0 aromatic carbocycles. The maximum Gasteiger partial charge on any atom is 0.146 e. The van der Waals surface area contributed by atoms with E-state index >= 15 is 0 Å². The molecule has 0 aliphatic heterocycles. The van der Waals surface area contributed by atoms with E-state index in [0.717, 1.165) is 12.0 Å². The Bertz CT molecular complexity index is 339. The summed E-state index contributed by atoms with van der Waals surface area (Å²) < 4.78 is 0. The number of rotatable bonds is 2. The van der Waals surface area contributed by atoms with Crippen molar-refractivity contribution in [2.45, 2.75) is 20.3 Å². The number of nitrogens with zero attached hydrogens (tertiary/aromatic N) is 2. The molecule has 1 rings (SSSR count). The van der Waals surface area contributed by atoms with Gasteiger partial charge in [0, 0.05) is 6.20 Å². The zero-order chi connectivity index (χ0) is 9.84. The van der Waals surface area contributed by atoms with Crippen molar-refractivity contribution in [3.8, 4) is 6.07 Å². The third-order valence-corrected chi connectivity index (χ3v) is 1.96. The van der Waals surface area contributed by atoms with Crippen LogP contribution in [0.25, 0.3) is 0 Å². The van der Waals surface area contributed by atoms with Gasteiger partial charge in [-0.1, -0.05) is 25.4 Å². The second-order valence-electron chi connectivity index (χ2n) is 3.39. The third kappa shape index (κ3) is 2.71. The Hall–Kier alpha value is -1.07. The van der Waals surface area contributed by atoms with E-state index in [2.05, 4.69) is 18.8 Å². The molecule has 1 heterocycles. The molecule has 0 spiro atoms. The highest BCUT2D eigenvalue weighted by atomic mass is 35.5. The third-order valence-electron chi connectivity index (χ3n) is 1.66. The summed E-state index contributed by atoms with van der Waals surface area (Å²) in [6.45, 7) is 4.25. The van der Waals surface area contributed by atoms with Crippen molar-refractivity contribution in [2.75, 3.05) is 0 Å². The highest BCUT2D eigenvalue weighted by Gasteiger charge is 2.03. The standard InChI is InChI=1S/C10H11ClN2/c1-7(2)3-8-4-9(5-12)10(11)13-6-8/h4,6-7H,3H2,1-2H3. The molecule has 0 radical (unpaired) electrons. The Labute approximate surface area is 83.2 Å². The molecule has 0 fully saturated rings. The molecule has 0 atom stereocenters. The molecule has 68 valence electrons. The number of nitriles is 1. The van der Waals surface area contributed by atoms with Crippen LogP contribution >= 0.6 is 11.6 Å². The van der Waals surface area contributed by atoms with Gasteiger partial charge in [0.25, 0.3) is 0 Å². The molecule has 0 aliphatic carbocycles. The second-order valence-corrected chi connectivity index (χ2v) is 3.75. The summed E-state index contributed by atoms with van der Waals surface area (Å²) in [6.07, 6.45) is 2.65. The van der Waals surface area contributed by atoms with Crippen LogP contribution < -0.4 is 0 Å². The SMILES string of the molecule is CC(C)Cc1cnc(Cl)c(C#N)c1. The average molecular weight is 195 g/mol. The first-order chi connectivity index (χ1) is 6.13. The molecule has 13 heavy (non-hydrogen) atoms. The lowest BCUT2D eigenvalue weighted by Gasteiger charge is -2.04. The number of pyridine rings is 1. The molecule has 0 aliphatic rings. The fourth-order valence-corrected chi connectivity index (χ4v) is 1.30. The van der Waals surface area contributed by atoms with E-state index in [1.165, 1.54) is 0 Å². The number of hydrogen-bond acceptors (Lipinski definition) is 2. The van der Waals surface area contributed by atoms with Crippen LogP contribution in [-0.4, -0.2) is 4.98 Å². The lowest BCUT2D eigenvalue weighted by atomic mass is 10.0. The van der Waals surface area contributed by atoms with E-state index in [1.54, 1.807) is 12.3 Å². The number of halogens is 1. The van der Waals surface area contributed by atoms with Crippen LogP contribution in [0.2, 0.25) is 5.15 Å². The van der Waals surface area contributed by atoms with Crippen molar-refractivity contribution in [1.29, 1.82) is 5.26 Å². The summed E-state index contributed by atoms with van der Waals surface area (Å²) in [4.78, 5) is 3.95. The minimum Gasteiger partial charge on any atom is -0.243 e. The van der Waals surface area contributed by atoms with Crippen LogP contribution in [0.5, 0.6) is 0 Å². The summed E-state index contributed by atoms with van der Waals surface area (Å²) in [5.74, 6) is 0.564. The Kier molecular flexibility index (Phi) is 3.27. The van der Waals surface area contributed by atoms with Gasteiger partial charge in [-0.25, -0.2) is 4.98 Å². The quantitative estimate of drug-likeness (QED) is 0.679. The first-order valence-electron chi connectivity index (χ1n) is 4.18. The summed E-state index contributed by atoms with van der Waals surface area (Å²) in [5.41, 5.74) is 1.52. The van der Waals surface area contributed by atoms with Crippen molar-refractivity contribution in [1.82, 2.24) is 4.98 Å². The topological polar surface area (TPSA) is 36.7 Å². The normalized spacial score (nSPS) is 10.1. The number of hydrogen-bond donors (Lipinski definition) is 0. The molecule has 0 amide bonds. The first-order valence-corrected chi connectivity index (χ1v) is 4.55. The molecule has 0 saturated heterocycles. The zero-order valence-electron chi connectivity index (χ0n) is 7.71. The second kappa shape index (κ2) is 4.25. The Morgan fingerprint density at radius 1 is 1.62 bits per heavy atom. The zero-order valence-corrected chi connectivity index (χ0v) is 8.47. The highest BCUT2D eigenvalue weighted by Crippen LogP contribution is 2.15. The van der Waals surface area contributed by atoms with Crippen molar-refractivity contribution in [3.63, 3.8) is 0 Å². The highest BCUT2D eigenvalue weighted by molar-refractivity contribution is 6.30. The Morgan fingerprint density at radius 2 is 2.31 bits per heavy atom. The molecule has 0 unspecified atom stereocenters. The summed E-state index contributed by atoms with van der Waals surface area (Å²) in [6, 6.07) is 3.82. The Morgan fingerprint density at radius 3 is 2.85 bits per heavy atom. The van der Waals surface area contributed by atoms with Gasteiger partial charge in [0.15, 0.2) is 0 Å². The van der Waals surface area contributed by atoms with Crippen LogP contribution in [0.4, 0.5) is 0 Å². The molecule has 0 N–H and O–H groups in total. The lowest BCUT2D eigenvalue weighted by Crippen LogP contribution is -1.96. The van der Waals surface area contributed by atoms with Crippen LogP contribution in [0.3, 0.4) is 0 Å². The molecule has 1 aromatic rings. The largest absolute Gasteiger partial charge is 0.243 e. The van der Waals surface area contributed by atoms with E-state index in [1.807, 2.05) is 6.07 Å². The lowest BCUT2D eigenvalue weighted by molar-refractivity contribution is 0.645. The average Bonchev–Trinajstić information content (AvgIpc) is 2.07.